The lowest BCUT2D eigenvalue weighted by Gasteiger charge is -1.98. The van der Waals surface area contributed by atoms with Gasteiger partial charge in [-0.2, -0.15) is 0 Å². The fourth-order valence-corrected chi connectivity index (χ4v) is 2.31. The van der Waals surface area contributed by atoms with E-state index in [1.807, 2.05) is 12.3 Å². The number of rotatable bonds is 3. The van der Waals surface area contributed by atoms with E-state index in [1.165, 1.54) is 16.1 Å². The Balaban J connectivity index is 2.35. The predicted molar refractivity (Wildman–Crippen MR) is 56.9 cm³/mol. The molecule has 2 rings (SSSR count). The summed E-state index contributed by atoms with van der Waals surface area (Å²) in [6.45, 7) is 0.716. The summed E-state index contributed by atoms with van der Waals surface area (Å²) in [6.07, 6.45) is 2.91. The van der Waals surface area contributed by atoms with Gasteiger partial charge in [0.2, 0.25) is 0 Å². The maximum atomic E-state index is 5.54. The summed E-state index contributed by atoms with van der Waals surface area (Å²) in [7, 11) is 0. The molecule has 0 bridgehead atoms. The molecule has 2 nitrogen and oxygen atoms in total. The van der Waals surface area contributed by atoms with Crippen molar-refractivity contribution in [1.82, 2.24) is 4.98 Å². The maximum Gasteiger partial charge on any atom is 0.0465 e. The largest absolute Gasteiger partial charge is 0.361 e. The van der Waals surface area contributed by atoms with E-state index >= 15 is 0 Å². The zero-order valence-electron chi connectivity index (χ0n) is 7.29. The molecule has 2 heterocycles. The second-order valence-electron chi connectivity index (χ2n) is 2.88. The van der Waals surface area contributed by atoms with Crippen LogP contribution in [-0.2, 0) is 6.42 Å². The molecule has 0 aliphatic carbocycles. The van der Waals surface area contributed by atoms with E-state index in [4.69, 9.17) is 5.73 Å². The topological polar surface area (TPSA) is 41.8 Å². The van der Waals surface area contributed by atoms with E-state index in [1.54, 1.807) is 11.3 Å². The molecule has 0 unspecified atom stereocenters. The molecule has 0 fully saturated rings. The van der Waals surface area contributed by atoms with E-state index in [-0.39, 0.29) is 0 Å². The van der Waals surface area contributed by atoms with E-state index in [0.717, 1.165) is 6.42 Å². The van der Waals surface area contributed by atoms with Gasteiger partial charge in [-0.05, 0) is 36.5 Å². The molecule has 2 aromatic heterocycles. The highest BCUT2D eigenvalue weighted by Gasteiger charge is 2.05. The monoisotopic (exact) mass is 192 g/mol. The van der Waals surface area contributed by atoms with Gasteiger partial charge < -0.3 is 10.7 Å². The van der Waals surface area contributed by atoms with Crippen LogP contribution in [0.4, 0.5) is 0 Å². The highest BCUT2D eigenvalue weighted by molar-refractivity contribution is 7.10. The standard InChI is InChI=1S/C10H12N2S/c11-5-3-10-8(4-7-13-10)9-2-1-6-12-9/h1-2,4,6-7,12H,3,5,11H2. The SMILES string of the molecule is NCCc1sccc1-c1ccc[nH]1. The van der Waals surface area contributed by atoms with Crippen LogP contribution < -0.4 is 5.73 Å². The number of hydrogen-bond donors (Lipinski definition) is 2. The second kappa shape index (κ2) is 3.77. The molecule has 0 aliphatic heterocycles. The third kappa shape index (κ3) is 1.66. The van der Waals surface area contributed by atoms with Crippen LogP contribution in [0.3, 0.4) is 0 Å². The van der Waals surface area contributed by atoms with Gasteiger partial charge in [0.05, 0.1) is 0 Å². The van der Waals surface area contributed by atoms with Gasteiger partial charge in [0.15, 0.2) is 0 Å². The zero-order valence-corrected chi connectivity index (χ0v) is 8.10. The number of aromatic nitrogens is 1. The predicted octanol–water partition coefficient (Wildman–Crippen LogP) is 2.24. The van der Waals surface area contributed by atoms with Crippen molar-refractivity contribution in [3.63, 3.8) is 0 Å². The number of thiophene rings is 1. The highest BCUT2D eigenvalue weighted by atomic mass is 32.1. The second-order valence-corrected chi connectivity index (χ2v) is 3.88. The molecule has 0 amide bonds. The van der Waals surface area contributed by atoms with Crippen LogP contribution in [0.25, 0.3) is 11.3 Å². The molecule has 0 aromatic carbocycles. The van der Waals surface area contributed by atoms with E-state index in [9.17, 15) is 0 Å². The third-order valence-corrected chi connectivity index (χ3v) is 2.99. The van der Waals surface area contributed by atoms with Gasteiger partial charge >= 0.3 is 0 Å². The molecule has 2 aromatic rings. The summed E-state index contributed by atoms with van der Waals surface area (Å²) in [5.41, 5.74) is 8.02. The van der Waals surface area contributed by atoms with Crippen molar-refractivity contribution in [3.05, 3.63) is 34.7 Å². The lowest BCUT2D eigenvalue weighted by Crippen LogP contribution is -2.01. The molecule has 68 valence electrons. The van der Waals surface area contributed by atoms with Gasteiger partial charge in [-0.3, -0.25) is 0 Å². The number of nitrogens with one attached hydrogen (secondary N) is 1. The molecule has 0 atom stereocenters. The molecule has 0 aliphatic rings. The van der Waals surface area contributed by atoms with Crippen LogP contribution in [0, 0.1) is 0 Å². The summed E-state index contributed by atoms with van der Waals surface area (Å²) in [5, 5.41) is 2.11. The molecule has 13 heavy (non-hydrogen) atoms. The summed E-state index contributed by atoms with van der Waals surface area (Å²) in [4.78, 5) is 4.57. The van der Waals surface area contributed by atoms with Gasteiger partial charge in [-0.1, -0.05) is 0 Å². The Morgan fingerprint density at radius 2 is 2.31 bits per heavy atom. The first-order valence-electron chi connectivity index (χ1n) is 4.32. The fourth-order valence-electron chi connectivity index (χ4n) is 1.40. The fraction of sp³-hybridized carbons (Fsp3) is 0.200. The van der Waals surface area contributed by atoms with Crippen molar-refractivity contribution >= 4 is 11.3 Å². The molecule has 3 N–H and O–H groups in total. The van der Waals surface area contributed by atoms with Crippen LogP contribution >= 0.6 is 11.3 Å². The number of aromatic amines is 1. The van der Waals surface area contributed by atoms with Crippen molar-refractivity contribution in [1.29, 1.82) is 0 Å². The van der Waals surface area contributed by atoms with Crippen LogP contribution in [-0.4, -0.2) is 11.5 Å². The van der Waals surface area contributed by atoms with E-state index < -0.39 is 0 Å². The Kier molecular flexibility index (Phi) is 2.47. The van der Waals surface area contributed by atoms with Crippen molar-refractivity contribution in [2.24, 2.45) is 5.73 Å². The first-order chi connectivity index (χ1) is 6.42. The minimum atomic E-state index is 0.716. The normalized spacial score (nSPS) is 10.5. The quantitative estimate of drug-likeness (QED) is 0.769. The summed E-state index contributed by atoms with van der Waals surface area (Å²) in [5.74, 6) is 0. The van der Waals surface area contributed by atoms with Gasteiger partial charge in [-0.15, -0.1) is 11.3 Å². The maximum absolute atomic E-state index is 5.54. The zero-order chi connectivity index (χ0) is 9.10. The minimum Gasteiger partial charge on any atom is -0.361 e. The highest BCUT2D eigenvalue weighted by Crippen LogP contribution is 2.26. The lowest BCUT2D eigenvalue weighted by atomic mass is 10.1. The summed E-state index contributed by atoms with van der Waals surface area (Å²) < 4.78 is 0. The van der Waals surface area contributed by atoms with Gasteiger partial charge in [0.1, 0.15) is 0 Å². The van der Waals surface area contributed by atoms with E-state index in [0.29, 0.717) is 6.54 Å². The van der Waals surface area contributed by atoms with Crippen molar-refractivity contribution < 1.29 is 0 Å². The number of H-pyrrole nitrogens is 1. The Morgan fingerprint density at radius 3 is 3.00 bits per heavy atom. The van der Waals surface area contributed by atoms with Crippen molar-refractivity contribution in [2.75, 3.05) is 6.54 Å². The van der Waals surface area contributed by atoms with Gasteiger partial charge in [0, 0.05) is 22.3 Å². The Morgan fingerprint density at radius 1 is 1.38 bits per heavy atom. The molecule has 3 heteroatoms. The Hall–Kier alpha value is -1.06. The average Bonchev–Trinajstić information content (AvgIpc) is 2.71. The molecular formula is C10H12N2S. The summed E-state index contributed by atoms with van der Waals surface area (Å²) in [6, 6.07) is 6.24. The lowest BCUT2D eigenvalue weighted by molar-refractivity contribution is 0.989. The smallest absolute Gasteiger partial charge is 0.0465 e. The number of hydrogen-bond acceptors (Lipinski definition) is 2. The average molecular weight is 192 g/mol. The third-order valence-electron chi connectivity index (χ3n) is 2.00. The molecular weight excluding hydrogens is 180 g/mol. The molecule has 0 spiro atoms. The molecule has 0 saturated carbocycles. The van der Waals surface area contributed by atoms with Crippen LogP contribution in [0.2, 0.25) is 0 Å². The van der Waals surface area contributed by atoms with E-state index in [2.05, 4.69) is 22.5 Å². The van der Waals surface area contributed by atoms with Crippen molar-refractivity contribution in [3.8, 4) is 11.3 Å². The van der Waals surface area contributed by atoms with Crippen LogP contribution in [0.5, 0.6) is 0 Å². The minimum absolute atomic E-state index is 0.716. The van der Waals surface area contributed by atoms with Crippen molar-refractivity contribution in [2.45, 2.75) is 6.42 Å². The van der Waals surface area contributed by atoms with Crippen LogP contribution in [0.1, 0.15) is 4.88 Å². The number of nitrogens with two attached hydrogens (primary N) is 1. The molecule has 0 radical (unpaired) electrons. The van der Waals surface area contributed by atoms with Gasteiger partial charge in [-0.25, -0.2) is 0 Å². The summed E-state index contributed by atoms with van der Waals surface area (Å²) >= 11 is 1.77. The van der Waals surface area contributed by atoms with Gasteiger partial charge in [0.25, 0.3) is 0 Å². The molecule has 0 saturated heterocycles. The van der Waals surface area contributed by atoms with Crippen LogP contribution in [0.15, 0.2) is 29.8 Å². The Labute approximate surface area is 81.4 Å². The first kappa shape index (κ1) is 8.53. The Bertz CT molecular complexity index is 362. The first-order valence-corrected chi connectivity index (χ1v) is 5.20.